The number of rotatable bonds is 11. The molecule has 45 heavy (non-hydrogen) atoms. The molecule has 1 aliphatic carbocycles. The number of para-hydroxylation sites is 1. The molecule has 3 unspecified atom stereocenters. The van der Waals surface area contributed by atoms with E-state index in [-0.39, 0.29) is 29.7 Å². The SMILES string of the molecule is Cc1cccc(C(C(=O)NC(Cc2ccccc2)C(=O)OC(C)(C)C)N(C(=O)C(NC(=O)OC(C)(C)C)C(C)C)C2CC2)c1O. The van der Waals surface area contributed by atoms with Gasteiger partial charge in [0.2, 0.25) is 11.8 Å². The molecule has 1 fully saturated rings. The molecule has 1 aliphatic rings. The first-order valence-corrected chi connectivity index (χ1v) is 15.5. The number of esters is 1. The fourth-order valence-corrected chi connectivity index (χ4v) is 4.97. The van der Waals surface area contributed by atoms with Crippen LogP contribution in [0.2, 0.25) is 0 Å². The second kappa shape index (κ2) is 14.3. The van der Waals surface area contributed by atoms with E-state index in [9.17, 15) is 24.3 Å². The van der Waals surface area contributed by atoms with Crippen LogP contribution in [-0.2, 0) is 30.3 Å². The van der Waals surface area contributed by atoms with Crippen LogP contribution in [0.4, 0.5) is 4.79 Å². The number of benzene rings is 2. The monoisotopic (exact) mass is 623 g/mol. The Morgan fingerprint density at radius 1 is 0.889 bits per heavy atom. The van der Waals surface area contributed by atoms with E-state index < -0.39 is 53.2 Å². The summed E-state index contributed by atoms with van der Waals surface area (Å²) in [6.07, 6.45) is 0.676. The van der Waals surface area contributed by atoms with Gasteiger partial charge >= 0.3 is 12.1 Å². The van der Waals surface area contributed by atoms with E-state index in [4.69, 9.17) is 9.47 Å². The van der Waals surface area contributed by atoms with Crippen LogP contribution in [0.25, 0.3) is 0 Å². The summed E-state index contributed by atoms with van der Waals surface area (Å²) in [5.74, 6) is -2.25. The van der Waals surface area contributed by atoms with Gasteiger partial charge in [-0.05, 0) is 78.4 Å². The summed E-state index contributed by atoms with van der Waals surface area (Å²) in [6, 6.07) is 10.5. The van der Waals surface area contributed by atoms with E-state index in [0.717, 1.165) is 5.56 Å². The van der Waals surface area contributed by atoms with Gasteiger partial charge in [-0.1, -0.05) is 62.4 Å². The fraction of sp³-hybridized carbons (Fsp3) is 0.543. The molecule has 0 aromatic heterocycles. The Labute approximate surface area is 266 Å². The highest BCUT2D eigenvalue weighted by Crippen LogP contribution is 2.39. The molecule has 0 spiro atoms. The molecule has 3 rings (SSSR count). The number of hydrogen-bond acceptors (Lipinski definition) is 7. The maximum atomic E-state index is 14.4. The van der Waals surface area contributed by atoms with Crippen LogP contribution in [0.1, 0.15) is 91.0 Å². The van der Waals surface area contributed by atoms with Crippen molar-refractivity contribution < 1.29 is 33.8 Å². The zero-order valence-electron chi connectivity index (χ0n) is 28.0. The van der Waals surface area contributed by atoms with E-state index in [1.807, 2.05) is 30.3 Å². The lowest BCUT2D eigenvalue weighted by Gasteiger charge is -2.36. The van der Waals surface area contributed by atoms with E-state index in [1.54, 1.807) is 80.5 Å². The van der Waals surface area contributed by atoms with Crippen molar-refractivity contribution >= 4 is 23.9 Å². The number of nitrogens with one attached hydrogen (secondary N) is 2. The molecule has 10 heteroatoms. The normalized spacial score (nSPS) is 15.4. The van der Waals surface area contributed by atoms with Gasteiger partial charge in [0.15, 0.2) is 0 Å². The molecule has 2 aromatic carbocycles. The second-order valence-electron chi connectivity index (χ2n) is 14.0. The first-order chi connectivity index (χ1) is 20.9. The van der Waals surface area contributed by atoms with Crippen molar-refractivity contribution in [2.75, 3.05) is 0 Å². The third-order valence-corrected chi connectivity index (χ3v) is 7.18. The number of aromatic hydroxyl groups is 1. The zero-order chi connectivity index (χ0) is 33.7. The van der Waals surface area contributed by atoms with Crippen molar-refractivity contribution in [2.24, 2.45) is 5.92 Å². The highest BCUT2D eigenvalue weighted by Gasteiger charge is 2.46. The Hall–Kier alpha value is -4.08. The number of ether oxygens (including phenoxy) is 2. The van der Waals surface area contributed by atoms with Gasteiger partial charge in [-0.3, -0.25) is 9.59 Å². The molecule has 0 heterocycles. The number of aryl methyl sites for hydroxylation is 1. The number of phenols is 1. The van der Waals surface area contributed by atoms with Crippen molar-refractivity contribution in [3.8, 4) is 5.75 Å². The molecular formula is C35H49N3O7. The maximum absolute atomic E-state index is 14.4. The summed E-state index contributed by atoms with van der Waals surface area (Å²) in [5.41, 5.74) is -0.0430. The molecular weight excluding hydrogens is 574 g/mol. The quantitative estimate of drug-likeness (QED) is 0.287. The average Bonchev–Trinajstić information content (AvgIpc) is 3.75. The topological polar surface area (TPSA) is 134 Å². The number of alkyl carbamates (subject to hydrolysis) is 1. The minimum atomic E-state index is -1.30. The van der Waals surface area contributed by atoms with Crippen molar-refractivity contribution in [2.45, 2.75) is 117 Å². The minimum absolute atomic E-state index is 0.130. The molecule has 0 saturated heterocycles. The largest absolute Gasteiger partial charge is 0.507 e. The lowest BCUT2D eigenvalue weighted by atomic mass is 9.96. The second-order valence-corrected chi connectivity index (χ2v) is 14.0. The molecule has 3 N–H and O–H groups in total. The van der Waals surface area contributed by atoms with Gasteiger partial charge in [-0.2, -0.15) is 0 Å². The molecule has 3 amide bonds. The maximum Gasteiger partial charge on any atom is 0.408 e. The molecule has 3 atom stereocenters. The van der Waals surface area contributed by atoms with E-state index in [2.05, 4.69) is 10.6 Å². The summed E-state index contributed by atoms with van der Waals surface area (Å²) in [6.45, 7) is 15.7. The summed E-state index contributed by atoms with van der Waals surface area (Å²) in [4.78, 5) is 56.5. The molecule has 10 nitrogen and oxygen atoms in total. The number of hydrogen-bond donors (Lipinski definition) is 3. The van der Waals surface area contributed by atoms with Gasteiger partial charge in [0.25, 0.3) is 0 Å². The minimum Gasteiger partial charge on any atom is -0.507 e. The first kappa shape index (κ1) is 35.4. The third kappa shape index (κ3) is 10.2. The fourth-order valence-electron chi connectivity index (χ4n) is 4.97. The Kier molecular flexibility index (Phi) is 11.3. The van der Waals surface area contributed by atoms with Gasteiger partial charge in [0, 0.05) is 18.0 Å². The molecule has 1 saturated carbocycles. The number of amides is 3. The molecule has 0 aliphatic heterocycles. The van der Waals surface area contributed by atoms with Crippen molar-refractivity contribution in [1.29, 1.82) is 0 Å². The van der Waals surface area contributed by atoms with Crippen LogP contribution in [0.5, 0.6) is 5.75 Å². The number of carbonyl (C=O) groups is 4. The molecule has 246 valence electrons. The number of phenolic OH excluding ortho intramolecular Hbond substituents is 1. The Morgan fingerprint density at radius 2 is 1.49 bits per heavy atom. The lowest BCUT2D eigenvalue weighted by Crippen LogP contribution is -2.57. The van der Waals surface area contributed by atoms with E-state index >= 15 is 0 Å². The summed E-state index contributed by atoms with van der Waals surface area (Å²) >= 11 is 0. The van der Waals surface area contributed by atoms with Gasteiger partial charge in [0.05, 0.1) is 0 Å². The highest BCUT2D eigenvalue weighted by molar-refractivity contribution is 5.95. The Bertz CT molecular complexity index is 1360. The Morgan fingerprint density at radius 3 is 2.02 bits per heavy atom. The van der Waals surface area contributed by atoms with E-state index in [1.165, 1.54) is 4.90 Å². The van der Waals surface area contributed by atoms with Crippen LogP contribution < -0.4 is 10.6 Å². The van der Waals surface area contributed by atoms with Gasteiger partial charge in [-0.25, -0.2) is 9.59 Å². The van der Waals surface area contributed by atoms with Gasteiger partial charge in [0.1, 0.15) is 35.1 Å². The van der Waals surface area contributed by atoms with Crippen LogP contribution in [0.3, 0.4) is 0 Å². The van der Waals surface area contributed by atoms with Crippen LogP contribution in [0.15, 0.2) is 48.5 Å². The summed E-state index contributed by atoms with van der Waals surface area (Å²) in [5, 5.41) is 16.8. The zero-order valence-corrected chi connectivity index (χ0v) is 28.0. The standard InChI is InChI=1S/C35H49N3O7/c1-21(2)27(37-33(43)45-35(7,8)9)31(41)38(24-18-19-24)28(25-17-13-14-22(3)29(25)39)30(40)36-26(32(42)44-34(4,5)6)20-23-15-11-10-12-16-23/h10-17,21,24,26-28,39H,18-20H2,1-9H3,(H,36,40)(H,37,43). The van der Waals surface area contributed by atoms with Gasteiger partial charge < -0.3 is 30.1 Å². The predicted molar refractivity (Wildman–Crippen MR) is 171 cm³/mol. The molecule has 2 aromatic rings. The lowest BCUT2D eigenvalue weighted by molar-refractivity contribution is -0.159. The van der Waals surface area contributed by atoms with E-state index in [0.29, 0.717) is 18.4 Å². The van der Waals surface area contributed by atoms with Crippen molar-refractivity contribution in [3.05, 3.63) is 65.2 Å². The number of carbonyl (C=O) groups excluding carboxylic acids is 4. The number of nitrogens with zero attached hydrogens (tertiary/aromatic N) is 1. The third-order valence-electron chi connectivity index (χ3n) is 7.18. The van der Waals surface area contributed by atoms with Crippen molar-refractivity contribution in [3.63, 3.8) is 0 Å². The summed E-state index contributed by atoms with van der Waals surface area (Å²) in [7, 11) is 0. The Balaban J connectivity index is 2.06. The first-order valence-electron chi connectivity index (χ1n) is 15.5. The van der Waals surface area contributed by atoms with Crippen LogP contribution >= 0.6 is 0 Å². The average molecular weight is 624 g/mol. The van der Waals surface area contributed by atoms with Crippen LogP contribution in [-0.4, -0.2) is 63.2 Å². The molecule has 0 radical (unpaired) electrons. The van der Waals surface area contributed by atoms with Crippen LogP contribution in [0, 0.1) is 12.8 Å². The summed E-state index contributed by atoms with van der Waals surface area (Å²) < 4.78 is 11.1. The predicted octanol–water partition coefficient (Wildman–Crippen LogP) is 5.35. The smallest absolute Gasteiger partial charge is 0.408 e. The van der Waals surface area contributed by atoms with Crippen molar-refractivity contribution in [1.82, 2.24) is 15.5 Å². The molecule has 0 bridgehead atoms. The highest BCUT2D eigenvalue weighted by atomic mass is 16.6. The van der Waals surface area contributed by atoms with Gasteiger partial charge in [-0.15, -0.1) is 0 Å².